The first-order valence-corrected chi connectivity index (χ1v) is 5.94. The van der Waals surface area contributed by atoms with E-state index in [2.05, 4.69) is 20.0 Å². The zero-order chi connectivity index (χ0) is 12.5. The Morgan fingerprint density at radius 1 is 1.50 bits per heavy atom. The molecule has 1 saturated heterocycles. The van der Waals surface area contributed by atoms with Crippen molar-refractivity contribution in [3.63, 3.8) is 0 Å². The van der Waals surface area contributed by atoms with Crippen LogP contribution in [0.2, 0.25) is 0 Å². The smallest absolute Gasteiger partial charge is 0.244 e. The molecule has 0 radical (unpaired) electrons. The number of likely N-dealkylation sites (tertiary alicyclic amines) is 1. The summed E-state index contributed by atoms with van der Waals surface area (Å²) in [6.07, 6.45) is 4.29. The third-order valence-electron chi connectivity index (χ3n) is 3.23. The Balaban J connectivity index is 1.86. The molecule has 18 heavy (non-hydrogen) atoms. The van der Waals surface area contributed by atoms with Gasteiger partial charge in [-0.1, -0.05) is 5.16 Å². The van der Waals surface area contributed by atoms with Crippen LogP contribution < -0.4 is 5.73 Å². The Bertz CT molecular complexity index is 526. The highest BCUT2D eigenvalue weighted by Gasteiger charge is 2.32. The summed E-state index contributed by atoms with van der Waals surface area (Å²) in [7, 11) is 2.02. The van der Waals surface area contributed by atoms with Crippen molar-refractivity contribution in [3.8, 4) is 11.4 Å². The van der Waals surface area contributed by atoms with Crippen molar-refractivity contribution < 1.29 is 4.52 Å². The van der Waals surface area contributed by atoms with E-state index < -0.39 is 0 Å². The number of hydrogen-bond acceptors (Lipinski definition) is 6. The van der Waals surface area contributed by atoms with E-state index in [4.69, 9.17) is 10.3 Å². The Hall–Kier alpha value is -1.79. The van der Waals surface area contributed by atoms with Crippen LogP contribution in [0.1, 0.15) is 18.4 Å². The van der Waals surface area contributed by atoms with Gasteiger partial charge in [0.1, 0.15) is 0 Å². The van der Waals surface area contributed by atoms with Gasteiger partial charge in [-0.15, -0.1) is 0 Å². The number of hydrogen-bond donors (Lipinski definition) is 1. The molecule has 0 amide bonds. The Morgan fingerprint density at radius 3 is 3.06 bits per heavy atom. The number of aromatic nitrogens is 3. The van der Waals surface area contributed by atoms with Gasteiger partial charge < -0.3 is 10.3 Å². The number of nitrogens with zero attached hydrogens (tertiary/aromatic N) is 4. The van der Waals surface area contributed by atoms with E-state index in [1.54, 1.807) is 12.4 Å². The van der Waals surface area contributed by atoms with Crippen molar-refractivity contribution in [3.05, 3.63) is 30.4 Å². The van der Waals surface area contributed by atoms with Crippen molar-refractivity contribution in [2.75, 3.05) is 13.6 Å². The molecule has 2 N–H and O–H groups in total. The lowest BCUT2D eigenvalue weighted by Gasteiger charge is -2.13. The van der Waals surface area contributed by atoms with Gasteiger partial charge in [0, 0.05) is 30.5 Å². The van der Waals surface area contributed by atoms with Crippen molar-refractivity contribution in [2.45, 2.75) is 18.5 Å². The van der Waals surface area contributed by atoms with Crippen LogP contribution in [0, 0.1) is 0 Å². The van der Waals surface area contributed by atoms with Crippen LogP contribution in [0.15, 0.2) is 29.0 Å². The lowest BCUT2D eigenvalue weighted by Crippen LogP contribution is -2.24. The zero-order valence-corrected chi connectivity index (χ0v) is 10.2. The van der Waals surface area contributed by atoms with Gasteiger partial charge >= 0.3 is 0 Å². The molecule has 6 heteroatoms. The molecule has 2 aromatic heterocycles. The van der Waals surface area contributed by atoms with Crippen LogP contribution in [-0.2, 0) is 0 Å². The summed E-state index contributed by atoms with van der Waals surface area (Å²) in [5.41, 5.74) is 6.79. The van der Waals surface area contributed by atoms with Gasteiger partial charge in [-0.05, 0) is 25.6 Å². The molecule has 0 saturated carbocycles. The highest BCUT2D eigenvalue weighted by Crippen LogP contribution is 2.29. The van der Waals surface area contributed by atoms with Gasteiger partial charge in [-0.3, -0.25) is 9.88 Å². The fourth-order valence-electron chi connectivity index (χ4n) is 2.31. The second-order valence-electron chi connectivity index (χ2n) is 4.65. The summed E-state index contributed by atoms with van der Waals surface area (Å²) in [5, 5.41) is 4.00. The SMILES string of the molecule is CN1CC(N)CC1c1nc(-c2cccnc2)no1. The highest BCUT2D eigenvalue weighted by atomic mass is 16.5. The standard InChI is InChI=1S/C12H15N5O/c1-17-7-9(13)5-10(17)12-15-11(16-18-12)8-3-2-4-14-6-8/h2-4,6,9-10H,5,7,13H2,1H3. The third-order valence-corrected chi connectivity index (χ3v) is 3.23. The molecule has 6 nitrogen and oxygen atoms in total. The second kappa shape index (κ2) is 4.47. The van der Waals surface area contributed by atoms with Gasteiger partial charge in [0.2, 0.25) is 11.7 Å². The first-order chi connectivity index (χ1) is 8.74. The van der Waals surface area contributed by atoms with Gasteiger partial charge in [-0.2, -0.15) is 4.98 Å². The minimum Gasteiger partial charge on any atom is -0.337 e. The summed E-state index contributed by atoms with van der Waals surface area (Å²) in [6, 6.07) is 4.06. The van der Waals surface area contributed by atoms with Crippen molar-refractivity contribution in [1.82, 2.24) is 20.0 Å². The minimum atomic E-state index is 0.123. The molecule has 94 valence electrons. The van der Waals surface area contributed by atoms with Gasteiger partial charge in [0.05, 0.1) is 6.04 Å². The molecular weight excluding hydrogens is 230 g/mol. The van der Waals surface area contributed by atoms with E-state index >= 15 is 0 Å². The molecule has 1 fully saturated rings. The van der Waals surface area contributed by atoms with E-state index in [9.17, 15) is 0 Å². The first-order valence-electron chi connectivity index (χ1n) is 5.94. The zero-order valence-electron chi connectivity index (χ0n) is 10.2. The molecule has 2 atom stereocenters. The fraction of sp³-hybridized carbons (Fsp3) is 0.417. The topological polar surface area (TPSA) is 81.1 Å². The molecule has 2 unspecified atom stereocenters. The largest absolute Gasteiger partial charge is 0.337 e. The molecule has 1 aliphatic rings. The highest BCUT2D eigenvalue weighted by molar-refractivity contribution is 5.51. The summed E-state index contributed by atoms with van der Waals surface area (Å²) in [4.78, 5) is 10.6. The number of rotatable bonds is 2. The van der Waals surface area contributed by atoms with Crippen LogP contribution in [0.3, 0.4) is 0 Å². The van der Waals surface area contributed by atoms with Crippen molar-refractivity contribution in [2.24, 2.45) is 5.73 Å². The second-order valence-corrected chi connectivity index (χ2v) is 4.65. The predicted molar refractivity (Wildman–Crippen MR) is 65.5 cm³/mol. The molecule has 0 spiro atoms. The monoisotopic (exact) mass is 245 g/mol. The van der Waals surface area contributed by atoms with E-state index in [1.807, 2.05) is 19.2 Å². The quantitative estimate of drug-likeness (QED) is 0.844. The van der Waals surface area contributed by atoms with Gasteiger partial charge in [-0.25, -0.2) is 0 Å². The summed E-state index contributed by atoms with van der Waals surface area (Å²) in [6.45, 7) is 0.856. The maximum atomic E-state index is 5.93. The number of nitrogens with two attached hydrogens (primary N) is 1. The average Bonchev–Trinajstić information content (AvgIpc) is 2.97. The predicted octanol–water partition coefficient (Wildman–Crippen LogP) is 0.836. The molecule has 3 heterocycles. The maximum Gasteiger partial charge on any atom is 0.244 e. The summed E-state index contributed by atoms with van der Waals surface area (Å²) < 4.78 is 5.34. The molecule has 3 rings (SSSR count). The maximum absolute atomic E-state index is 5.93. The summed E-state index contributed by atoms with van der Waals surface area (Å²) >= 11 is 0. The van der Waals surface area contributed by atoms with Gasteiger partial charge in [0.25, 0.3) is 0 Å². The fourth-order valence-corrected chi connectivity index (χ4v) is 2.31. The van der Waals surface area contributed by atoms with Crippen LogP contribution in [0.4, 0.5) is 0 Å². The van der Waals surface area contributed by atoms with E-state index in [0.29, 0.717) is 11.7 Å². The van der Waals surface area contributed by atoms with Crippen molar-refractivity contribution >= 4 is 0 Å². The van der Waals surface area contributed by atoms with E-state index in [1.165, 1.54) is 0 Å². The normalized spacial score (nSPS) is 24.6. The van der Waals surface area contributed by atoms with Crippen LogP contribution >= 0.6 is 0 Å². The number of likely N-dealkylation sites (N-methyl/N-ethyl adjacent to an activating group) is 1. The van der Waals surface area contributed by atoms with Crippen LogP contribution in [0.25, 0.3) is 11.4 Å². The molecule has 0 aliphatic carbocycles. The minimum absolute atomic E-state index is 0.123. The summed E-state index contributed by atoms with van der Waals surface area (Å²) in [5.74, 6) is 1.20. The van der Waals surface area contributed by atoms with Crippen molar-refractivity contribution in [1.29, 1.82) is 0 Å². The molecule has 2 aromatic rings. The van der Waals surface area contributed by atoms with Crippen LogP contribution in [0.5, 0.6) is 0 Å². The Morgan fingerprint density at radius 2 is 2.39 bits per heavy atom. The lowest BCUT2D eigenvalue weighted by atomic mass is 10.2. The molecular formula is C12H15N5O. The third kappa shape index (κ3) is 2.00. The number of pyridine rings is 1. The molecule has 0 aromatic carbocycles. The van der Waals surface area contributed by atoms with Crippen LogP contribution in [-0.4, -0.2) is 39.7 Å². The Labute approximate surface area is 105 Å². The molecule has 1 aliphatic heterocycles. The first kappa shape index (κ1) is 11.3. The van der Waals surface area contributed by atoms with Gasteiger partial charge in [0.15, 0.2) is 0 Å². The van der Waals surface area contributed by atoms with E-state index in [0.717, 1.165) is 18.5 Å². The average molecular weight is 245 g/mol. The lowest BCUT2D eigenvalue weighted by molar-refractivity contribution is 0.244. The Kier molecular flexibility index (Phi) is 2.81. The molecule has 0 bridgehead atoms. The van der Waals surface area contributed by atoms with E-state index in [-0.39, 0.29) is 12.1 Å².